The van der Waals surface area contributed by atoms with Gasteiger partial charge in [-0.2, -0.15) is 0 Å². The average Bonchev–Trinajstić information content (AvgIpc) is 3.32. The van der Waals surface area contributed by atoms with Crippen LogP contribution >= 0.6 is 23.2 Å². The molecule has 0 spiro atoms. The van der Waals surface area contributed by atoms with Gasteiger partial charge in [0.25, 0.3) is 0 Å². The molecule has 1 unspecified atom stereocenters. The van der Waals surface area contributed by atoms with E-state index in [0.29, 0.717) is 23.3 Å². The molecule has 0 amide bonds. The highest BCUT2D eigenvalue weighted by atomic mass is 35.5. The van der Waals surface area contributed by atoms with Gasteiger partial charge in [-0.3, -0.25) is 9.80 Å². The highest BCUT2D eigenvalue weighted by molar-refractivity contribution is 6.33. The first kappa shape index (κ1) is 44.5. The van der Waals surface area contributed by atoms with Crippen molar-refractivity contribution in [2.24, 2.45) is 0 Å². The molecule has 0 radical (unpaired) electrons. The van der Waals surface area contributed by atoms with E-state index in [4.69, 9.17) is 37.4 Å². The van der Waals surface area contributed by atoms with Crippen LogP contribution < -0.4 is 14.5 Å². The van der Waals surface area contributed by atoms with Crippen molar-refractivity contribution in [3.63, 3.8) is 0 Å². The third-order valence-corrected chi connectivity index (χ3v) is 12.7. The lowest BCUT2D eigenvalue weighted by molar-refractivity contribution is -0.165. The molecule has 9 rings (SSSR count). The van der Waals surface area contributed by atoms with Crippen molar-refractivity contribution in [1.82, 2.24) is 9.80 Å². The minimum absolute atomic E-state index is 0.0937. The smallest absolute Gasteiger partial charge is 0.157 e. The molecule has 0 bridgehead atoms. The molecule has 328 valence electrons. The van der Waals surface area contributed by atoms with E-state index < -0.39 is 0 Å². The number of ether oxygens (including phenoxy) is 3. The predicted molar refractivity (Wildman–Crippen MR) is 256 cm³/mol. The minimum Gasteiger partial charge on any atom is -0.508 e. The topological polar surface area (TPSA) is 60.9 Å². The fourth-order valence-electron chi connectivity index (χ4n) is 8.87. The average molecular weight is 886 g/mol. The van der Waals surface area contributed by atoms with Gasteiger partial charge in [0.1, 0.15) is 18.1 Å². The summed E-state index contributed by atoms with van der Waals surface area (Å²) in [6.45, 7) is 9.26. The molecule has 3 aliphatic rings. The lowest BCUT2D eigenvalue weighted by Crippen LogP contribution is -2.48. The molecule has 63 heavy (non-hydrogen) atoms. The molecule has 1 N–H and O–H groups in total. The standard InChI is InChI=1S/C30H35ClN2O3.C23H23ClN2O/c31-27-21-26(34-19-20-36-30-13-7-8-18-35-30)14-15-28(27)33-17-16-32(22-24-9-3-1-4-10-24)23-29(33)25-11-5-2-6-12-25;24-21-15-20(27)11-12-22(21)26-14-13-25(16-18-7-3-1-4-8-18)17-23(26)19-9-5-2-6-10-19/h1-6,9-12,14-15,21,29-30H,7-8,13,16-20,22-23H2;1-12,15,23,27H,13-14,16-17H2/t29-,30?;23-/m00/s1. The number of phenols is 1. The van der Waals surface area contributed by atoms with Crippen molar-refractivity contribution >= 4 is 34.6 Å². The second-order valence-corrected chi connectivity index (χ2v) is 17.3. The number of aromatic hydroxyl groups is 1. The zero-order valence-electron chi connectivity index (χ0n) is 35.9. The van der Waals surface area contributed by atoms with Gasteiger partial charge in [0, 0.05) is 71.1 Å². The highest BCUT2D eigenvalue weighted by Gasteiger charge is 2.31. The third kappa shape index (κ3) is 12.4. The molecule has 0 aromatic heterocycles. The lowest BCUT2D eigenvalue weighted by Gasteiger charge is -2.43. The zero-order chi connectivity index (χ0) is 43.2. The number of benzene rings is 6. The van der Waals surface area contributed by atoms with Crippen LogP contribution in [0.1, 0.15) is 53.6 Å². The summed E-state index contributed by atoms with van der Waals surface area (Å²) in [6, 6.07) is 54.3. The van der Waals surface area contributed by atoms with Gasteiger partial charge in [-0.05, 0) is 65.8 Å². The van der Waals surface area contributed by atoms with Crippen LogP contribution in [0, 0.1) is 0 Å². The van der Waals surface area contributed by atoms with Gasteiger partial charge in [-0.15, -0.1) is 0 Å². The highest BCUT2D eigenvalue weighted by Crippen LogP contribution is 2.39. The predicted octanol–water partition coefficient (Wildman–Crippen LogP) is 11.4. The molecule has 3 saturated heterocycles. The summed E-state index contributed by atoms with van der Waals surface area (Å²) in [5.74, 6) is 0.957. The molecule has 3 heterocycles. The molecule has 3 fully saturated rings. The Kier molecular flexibility index (Phi) is 15.9. The number of phenolic OH excluding ortho intramolecular Hbond substituents is 1. The van der Waals surface area contributed by atoms with Crippen molar-refractivity contribution in [2.75, 3.05) is 68.9 Å². The fourth-order valence-corrected chi connectivity index (χ4v) is 9.43. The van der Waals surface area contributed by atoms with Crippen molar-refractivity contribution in [2.45, 2.75) is 50.7 Å². The van der Waals surface area contributed by atoms with Gasteiger partial charge >= 0.3 is 0 Å². The molecule has 6 aromatic carbocycles. The summed E-state index contributed by atoms with van der Waals surface area (Å²) in [6.07, 6.45) is 3.15. The Morgan fingerprint density at radius 2 is 1.06 bits per heavy atom. The van der Waals surface area contributed by atoms with E-state index in [9.17, 15) is 5.11 Å². The molecule has 10 heteroatoms. The van der Waals surface area contributed by atoms with Crippen LogP contribution in [0.15, 0.2) is 158 Å². The molecule has 3 atom stereocenters. The third-order valence-electron chi connectivity index (χ3n) is 12.1. The van der Waals surface area contributed by atoms with E-state index in [2.05, 4.69) is 141 Å². The molecule has 3 aliphatic heterocycles. The summed E-state index contributed by atoms with van der Waals surface area (Å²) >= 11 is 13.3. The summed E-state index contributed by atoms with van der Waals surface area (Å²) in [4.78, 5) is 9.83. The SMILES string of the molecule is Clc1cc(OCCOC2CCCCO2)ccc1N1CCN(Cc2ccccc2)C[C@H]1c1ccccc1.Oc1ccc(N2CCN(Cc3ccccc3)C[C@H]2c2ccccc2)c(Cl)c1. The number of hydrogen-bond donors (Lipinski definition) is 1. The number of halogens is 2. The Labute approximate surface area is 383 Å². The number of anilines is 2. The van der Waals surface area contributed by atoms with E-state index >= 15 is 0 Å². The molecule has 6 aromatic rings. The zero-order valence-corrected chi connectivity index (χ0v) is 37.4. The summed E-state index contributed by atoms with van der Waals surface area (Å²) in [5, 5.41) is 11.0. The molecule has 0 saturated carbocycles. The van der Waals surface area contributed by atoms with Crippen molar-refractivity contribution in [3.8, 4) is 11.5 Å². The first-order valence-corrected chi connectivity index (χ1v) is 23.0. The normalized spacial score (nSPS) is 19.6. The summed E-state index contributed by atoms with van der Waals surface area (Å²) in [5.41, 5.74) is 7.27. The van der Waals surface area contributed by atoms with Crippen molar-refractivity contribution < 1.29 is 19.3 Å². The van der Waals surface area contributed by atoms with Crippen molar-refractivity contribution in [1.29, 1.82) is 0 Å². The largest absolute Gasteiger partial charge is 0.508 e. The van der Waals surface area contributed by atoms with Crippen LogP contribution in [0.3, 0.4) is 0 Å². The molecule has 0 aliphatic carbocycles. The number of hydrogen-bond acceptors (Lipinski definition) is 8. The number of nitrogens with zero attached hydrogens (tertiary/aromatic N) is 4. The van der Waals surface area contributed by atoms with Gasteiger partial charge in [0.2, 0.25) is 0 Å². The van der Waals surface area contributed by atoms with E-state index in [0.717, 1.165) is 95.4 Å². The van der Waals surface area contributed by atoms with E-state index in [1.807, 2.05) is 24.3 Å². The van der Waals surface area contributed by atoms with E-state index in [1.54, 1.807) is 12.1 Å². The Balaban J connectivity index is 0.000000180. The van der Waals surface area contributed by atoms with E-state index in [1.165, 1.54) is 22.3 Å². The number of piperazine rings is 2. The van der Waals surface area contributed by atoms with Crippen LogP contribution in [0.25, 0.3) is 0 Å². The van der Waals surface area contributed by atoms with Gasteiger partial charge < -0.3 is 29.1 Å². The van der Waals surface area contributed by atoms with Crippen LogP contribution in [0.2, 0.25) is 10.0 Å². The Bertz CT molecular complexity index is 2290. The molecule has 8 nitrogen and oxygen atoms in total. The molecular weight excluding hydrogens is 828 g/mol. The maximum absolute atomic E-state index is 9.71. The van der Waals surface area contributed by atoms with Gasteiger partial charge in [0.05, 0.1) is 40.1 Å². The summed E-state index contributed by atoms with van der Waals surface area (Å²) in [7, 11) is 0. The molecular formula is C53H58Cl2N4O4. The second kappa shape index (κ2) is 22.5. The Morgan fingerprint density at radius 1 is 0.556 bits per heavy atom. The maximum Gasteiger partial charge on any atom is 0.157 e. The van der Waals surface area contributed by atoms with Gasteiger partial charge in [0.15, 0.2) is 6.29 Å². The van der Waals surface area contributed by atoms with Gasteiger partial charge in [-0.25, -0.2) is 0 Å². The fraction of sp³-hybridized carbons (Fsp3) is 0.321. The monoisotopic (exact) mass is 884 g/mol. The van der Waals surface area contributed by atoms with E-state index in [-0.39, 0.29) is 24.1 Å². The van der Waals surface area contributed by atoms with Gasteiger partial charge in [-0.1, -0.05) is 145 Å². The minimum atomic E-state index is -0.0937. The first-order chi connectivity index (χ1) is 31.0. The maximum atomic E-state index is 9.71. The van der Waals surface area contributed by atoms with Crippen molar-refractivity contribution in [3.05, 3.63) is 190 Å². The quantitative estimate of drug-likeness (QED) is 0.115. The second-order valence-electron chi connectivity index (χ2n) is 16.4. The van der Waals surface area contributed by atoms with Crippen LogP contribution in [-0.4, -0.2) is 80.3 Å². The lowest BCUT2D eigenvalue weighted by atomic mass is 10.0. The number of rotatable bonds is 13. The van der Waals surface area contributed by atoms with Crippen LogP contribution in [-0.2, 0) is 22.6 Å². The Hall–Kier alpha value is -5.06. The summed E-state index contributed by atoms with van der Waals surface area (Å²) < 4.78 is 17.3. The first-order valence-electron chi connectivity index (χ1n) is 22.3. The van der Waals surface area contributed by atoms with Crippen LogP contribution in [0.4, 0.5) is 11.4 Å². The van der Waals surface area contributed by atoms with Crippen LogP contribution in [0.5, 0.6) is 11.5 Å². The Morgan fingerprint density at radius 3 is 1.56 bits per heavy atom.